The molecule has 0 spiro atoms. The highest BCUT2D eigenvalue weighted by atomic mass is 35.5. The van der Waals surface area contributed by atoms with Crippen molar-refractivity contribution in [2.45, 2.75) is 19.4 Å². The van der Waals surface area contributed by atoms with Crippen molar-refractivity contribution in [3.63, 3.8) is 0 Å². The van der Waals surface area contributed by atoms with Gasteiger partial charge in [-0.05, 0) is 25.1 Å². The summed E-state index contributed by atoms with van der Waals surface area (Å²) in [6, 6.07) is 4.46. The van der Waals surface area contributed by atoms with E-state index in [1.807, 2.05) is 0 Å². The second kappa shape index (κ2) is 8.04. The lowest BCUT2D eigenvalue weighted by Crippen LogP contribution is -2.84. The number of hydrogen-bond donors (Lipinski definition) is 3. The van der Waals surface area contributed by atoms with E-state index in [0.29, 0.717) is 22.2 Å². The Bertz CT molecular complexity index is 752. The summed E-state index contributed by atoms with van der Waals surface area (Å²) in [5, 5.41) is 0.870. The number of amidine groups is 1. The Kier molecular flexibility index (Phi) is 6.31. The molecule has 0 radical (unpaired) electrons. The molecule has 24 heavy (non-hydrogen) atoms. The number of sulfone groups is 1. The third-order valence-corrected chi connectivity index (χ3v) is 5.64. The van der Waals surface area contributed by atoms with Gasteiger partial charge in [-0.25, -0.2) is 18.6 Å². The molecule has 132 valence electrons. The molecule has 0 aliphatic carbocycles. The minimum atomic E-state index is -3.07. The van der Waals surface area contributed by atoms with Gasteiger partial charge in [0.2, 0.25) is 0 Å². The molecular formula is C14H18Cl2N3O4S+. The van der Waals surface area contributed by atoms with Crippen LogP contribution in [0.1, 0.15) is 13.3 Å². The minimum Gasteiger partial charge on any atom is -0.457 e. The molecule has 0 saturated carbocycles. The number of nitrogens with one attached hydrogen (secondary N) is 3. The minimum absolute atomic E-state index is 0.00925. The van der Waals surface area contributed by atoms with Gasteiger partial charge in [0.1, 0.15) is 6.04 Å². The van der Waals surface area contributed by atoms with Gasteiger partial charge in [-0.1, -0.05) is 23.2 Å². The number of anilines is 1. The number of hydrazine groups is 1. The lowest BCUT2D eigenvalue weighted by molar-refractivity contribution is -0.497. The third kappa shape index (κ3) is 5.25. The predicted octanol–water partition coefficient (Wildman–Crippen LogP) is 0.139. The number of carbonyl (C=O) groups is 1. The number of hydrogen-bond acceptors (Lipinski definition) is 5. The Labute approximate surface area is 150 Å². The number of esters is 1. The molecular weight excluding hydrogens is 377 g/mol. The van der Waals surface area contributed by atoms with Crippen LogP contribution < -0.4 is 15.8 Å². The van der Waals surface area contributed by atoms with Crippen LogP contribution in [-0.2, 0) is 19.4 Å². The van der Waals surface area contributed by atoms with Gasteiger partial charge in [-0.15, -0.1) is 0 Å². The molecule has 1 atom stereocenters. The fourth-order valence-electron chi connectivity index (χ4n) is 2.19. The van der Waals surface area contributed by atoms with Gasteiger partial charge in [-0.3, -0.25) is 4.99 Å². The van der Waals surface area contributed by atoms with Gasteiger partial charge >= 0.3 is 11.8 Å². The van der Waals surface area contributed by atoms with Gasteiger partial charge in [0.15, 0.2) is 9.84 Å². The summed E-state index contributed by atoms with van der Waals surface area (Å²) in [4.78, 5) is 14.9. The summed E-state index contributed by atoms with van der Waals surface area (Å²) in [5.74, 6) is -0.563. The smallest absolute Gasteiger partial charge is 0.423 e. The summed E-state index contributed by atoms with van der Waals surface area (Å²) in [7, 11) is -3.07. The first-order valence-electron chi connectivity index (χ1n) is 7.29. The monoisotopic (exact) mass is 394 g/mol. The molecule has 1 heterocycles. The van der Waals surface area contributed by atoms with E-state index in [-0.39, 0.29) is 30.0 Å². The topological polar surface area (TPSA) is 98.5 Å². The van der Waals surface area contributed by atoms with E-state index in [1.165, 1.54) is 0 Å². The third-order valence-electron chi connectivity index (χ3n) is 3.31. The molecule has 0 unspecified atom stereocenters. The molecule has 1 aromatic rings. The van der Waals surface area contributed by atoms with E-state index < -0.39 is 15.8 Å². The molecule has 1 fully saturated rings. The molecule has 0 bridgehead atoms. The first kappa shape index (κ1) is 18.8. The van der Waals surface area contributed by atoms with Crippen molar-refractivity contribution >= 4 is 50.5 Å². The molecule has 1 saturated heterocycles. The Hall–Kier alpha value is -1.51. The maximum atomic E-state index is 12.0. The summed E-state index contributed by atoms with van der Waals surface area (Å²) in [6.45, 7) is 1.86. The molecule has 1 aromatic carbocycles. The number of carbonyl (C=O) groups excluding carboxylic acids is 1. The van der Waals surface area contributed by atoms with Crippen LogP contribution in [0.25, 0.3) is 0 Å². The first-order valence-corrected chi connectivity index (χ1v) is 9.86. The van der Waals surface area contributed by atoms with Crippen molar-refractivity contribution < 1.29 is 22.9 Å². The molecule has 1 aliphatic heterocycles. The Morgan fingerprint density at radius 2 is 2.17 bits per heavy atom. The summed E-state index contributed by atoms with van der Waals surface area (Å²) in [5.41, 5.74) is 5.92. The highest BCUT2D eigenvalue weighted by Gasteiger charge is 2.32. The van der Waals surface area contributed by atoms with Crippen LogP contribution in [0, 0.1) is 0 Å². The van der Waals surface area contributed by atoms with Crippen LogP contribution in [0.5, 0.6) is 0 Å². The average Bonchev–Trinajstić information content (AvgIpc) is 2.85. The van der Waals surface area contributed by atoms with Gasteiger partial charge in [0.25, 0.3) is 0 Å². The first-order chi connectivity index (χ1) is 11.3. The standard InChI is InChI=1S/C14H17Cl2N3O4S/c1-2-23-14(20)13(17-10-5-6-24(21,22)8-10)19-18-12-7-9(15)3-4-11(12)16/h3-4,7,10,18H,2,5-6,8H2,1H3,(H,17,19)/p+1/t10-/m0/s1. The zero-order valence-corrected chi connectivity index (χ0v) is 15.3. The Balaban J connectivity index is 2.14. The fourth-order valence-corrected chi connectivity index (χ4v) is 4.20. The van der Waals surface area contributed by atoms with Crippen molar-refractivity contribution in [2.24, 2.45) is 0 Å². The van der Waals surface area contributed by atoms with Crippen LogP contribution in [-0.4, -0.2) is 44.4 Å². The number of ether oxygens (including phenoxy) is 1. The fraction of sp³-hybridized carbons (Fsp3) is 0.429. The Morgan fingerprint density at radius 1 is 1.42 bits per heavy atom. The van der Waals surface area contributed by atoms with Crippen molar-refractivity contribution in [1.29, 1.82) is 0 Å². The lowest BCUT2D eigenvalue weighted by Gasteiger charge is -2.08. The van der Waals surface area contributed by atoms with Crippen LogP contribution >= 0.6 is 23.2 Å². The molecule has 0 amide bonds. The molecule has 3 N–H and O–H groups in total. The zero-order chi connectivity index (χ0) is 17.7. The van der Waals surface area contributed by atoms with E-state index >= 15 is 0 Å². The van der Waals surface area contributed by atoms with E-state index in [1.54, 1.807) is 25.1 Å². The van der Waals surface area contributed by atoms with Crippen molar-refractivity contribution in [2.75, 3.05) is 23.5 Å². The summed E-state index contributed by atoms with van der Waals surface area (Å²) < 4.78 is 28.1. The molecule has 1 aliphatic rings. The van der Waals surface area contributed by atoms with Crippen molar-refractivity contribution in [3.8, 4) is 0 Å². The molecule has 7 nitrogen and oxygen atoms in total. The quantitative estimate of drug-likeness (QED) is 0.290. The summed E-state index contributed by atoms with van der Waals surface area (Å²) in [6.07, 6.45) is 0.421. The lowest BCUT2D eigenvalue weighted by atomic mass is 10.3. The zero-order valence-electron chi connectivity index (χ0n) is 12.9. The van der Waals surface area contributed by atoms with Crippen LogP contribution in [0.2, 0.25) is 10.0 Å². The second-order valence-electron chi connectivity index (χ2n) is 5.21. The van der Waals surface area contributed by atoms with Crippen LogP contribution in [0.3, 0.4) is 0 Å². The normalized spacial score (nSPS) is 19.8. The number of halogens is 2. The molecule has 10 heteroatoms. The maximum absolute atomic E-state index is 12.0. The highest BCUT2D eigenvalue weighted by molar-refractivity contribution is 7.91. The van der Waals surface area contributed by atoms with E-state index in [4.69, 9.17) is 27.9 Å². The number of benzene rings is 1. The van der Waals surface area contributed by atoms with Crippen LogP contribution in [0.15, 0.2) is 18.2 Å². The SMILES string of the molecule is CCOC(=O)C(NNc1cc(Cl)ccc1Cl)=[NH+][C@H]1CCS(=O)(=O)C1. The van der Waals surface area contributed by atoms with Crippen LogP contribution in [0.4, 0.5) is 5.69 Å². The van der Waals surface area contributed by atoms with Crippen molar-refractivity contribution in [1.82, 2.24) is 5.43 Å². The molecule has 2 rings (SSSR count). The van der Waals surface area contributed by atoms with Gasteiger partial charge in [0.05, 0.1) is 28.8 Å². The Morgan fingerprint density at radius 3 is 2.79 bits per heavy atom. The van der Waals surface area contributed by atoms with E-state index in [9.17, 15) is 13.2 Å². The van der Waals surface area contributed by atoms with Crippen molar-refractivity contribution in [3.05, 3.63) is 28.2 Å². The van der Waals surface area contributed by atoms with Gasteiger partial charge in [0, 0.05) is 11.4 Å². The van der Waals surface area contributed by atoms with E-state index in [2.05, 4.69) is 15.8 Å². The largest absolute Gasteiger partial charge is 0.457 e. The summed E-state index contributed by atoms with van der Waals surface area (Å²) >= 11 is 11.9. The second-order valence-corrected chi connectivity index (χ2v) is 8.29. The average molecular weight is 395 g/mol. The number of rotatable bonds is 4. The maximum Gasteiger partial charge on any atom is 0.423 e. The highest BCUT2D eigenvalue weighted by Crippen LogP contribution is 2.24. The van der Waals surface area contributed by atoms with Gasteiger partial charge < -0.3 is 4.74 Å². The van der Waals surface area contributed by atoms with E-state index in [0.717, 1.165) is 0 Å². The molecule has 0 aromatic heterocycles. The predicted molar refractivity (Wildman–Crippen MR) is 92.9 cm³/mol. The van der Waals surface area contributed by atoms with Gasteiger partial charge in [-0.2, -0.15) is 5.43 Å².